The molecule has 0 aliphatic carbocycles. The number of nitrogens with zero attached hydrogens (tertiary/aromatic N) is 2. The smallest absolute Gasteiger partial charge is 0.416 e. The zero-order chi connectivity index (χ0) is 21.8. The van der Waals surface area contributed by atoms with Gasteiger partial charge in [0.1, 0.15) is 5.60 Å². The topological polar surface area (TPSA) is 75.9 Å². The summed E-state index contributed by atoms with van der Waals surface area (Å²) in [7, 11) is 0. The van der Waals surface area contributed by atoms with Crippen LogP contribution >= 0.6 is 0 Å². The van der Waals surface area contributed by atoms with Crippen LogP contribution in [0.4, 0.5) is 18.9 Å². The van der Waals surface area contributed by atoms with Gasteiger partial charge < -0.3 is 20.3 Å². The number of piperazine rings is 1. The molecule has 162 valence electrons. The quantitative estimate of drug-likeness (QED) is 0.749. The fourth-order valence-corrected chi connectivity index (χ4v) is 3.09. The molecule has 9 heteroatoms. The Hall–Kier alpha value is -2.29. The molecule has 29 heavy (non-hydrogen) atoms. The van der Waals surface area contributed by atoms with E-state index in [1.54, 1.807) is 31.7 Å². The summed E-state index contributed by atoms with van der Waals surface area (Å²) in [6.45, 7) is 6.82. The number of amides is 1. The lowest BCUT2D eigenvalue weighted by Crippen LogP contribution is -2.53. The lowest BCUT2D eigenvalue weighted by atomic mass is 10.1. The number of benzene rings is 1. The number of carbonyl (C=O) groups excluding carboxylic acids is 2. The van der Waals surface area contributed by atoms with Crippen molar-refractivity contribution < 1.29 is 27.5 Å². The SMILES string of the molecule is CC(C)(C)OC(=O)CC[C@H](N)C(=O)N1CCN(c2cccc(C(F)(F)F)c2)CC1. The van der Waals surface area contributed by atoms with Crippen LogP contribution in [0, 0.1) is 0 Å². The Morgan fingerprint density at radius 3 is 2.31 bits per heavy atom. The number of rotatable bonds is 5. The number of carbonyl (C=O) groups is 2. The van der Waals surface area contributed by atoms with Crippen LogP contribution in [0.25, 0.3) is 0 Å². The molecular formula is C20H28F3N3O3. The maximum Gasteiger partial charge on any atom is 0.416 e. The number of ether oxygens (including phenoxy) is 1. The van der Waals surface area contributed by atoms with Gasteiger partial charge in [-0.25, -0.2) is 0 Å². The van der Waals surface area contributed by atoms with Gasteiger partial charge in [-0.05, 0) is 45.4 Å². The second-order valence-corrected chi connectivity index (χ2v) is 8.09. The zero-order valence-corrected chi connectivity index (χ0v) is 17.0. The first-order chi connectivity index (χ1) is 13.4. The van der Waals surface area contributed by atoms with Crippen LogP contribution in [0.15, 0.2) is 24.3 Å². The van der Waals surface area contributed by atoms with E-state index < -0.39 is 29.4 Å². The predicted octanol–water partition coefficient (Wildman–Crippen LogP) is 2.80. The van der Waals surface area contributed by atoms with Crippen molar-refractivity contribution in [3.8, 4) is 0 Å². The van der Waals surface area contributed by atoms with Gasteiger partial charge in [0, 0.05) is 38.3 Å². The molecular weight excluding hydrogens is 387 g/mol. The summed E-state index contributed by atoms with van der Waals surface area (Å²) >= 11 is 0. The average Bonchev–Trinajstić information content (AvgIpc) is 2.63. The van der Waals surface area contributed by atoms with E-state index in [0.717, 1.165) is 12.1 Å². The summed E-state index contributed by atoms with van der Waals surface area (Å²) in [4.78, 5) is 27.7. The normalized spacial score (nSPS) is 16.5. The molecule has 2 rings (SSSR count). The molecule has 1 heterocycles. The molecule has 1 atom stereocenters. The highest BCUT2D eigenvalue weighted by Crippen LogP contribution is 2.31. The molecule has 0 radical (unpaired) electrons. The van der Waals surface area contributed by atoms with E-state index in [1.807, 2.05) is 4.90 Å². The van der Waals surface area contributed by atoms with Gasteiger partial charge in [0.25, 0.3) is 0 Å². The average molecular weight is 415 g/mol. The van der Waals surface area contributed by atoms with Crippen LogP contribution in [0.1, 0.15) is 39.2 Å². The predicted molar refractivity (Wildman–Crippen MR) is 103 cm³/mol. The molecule has 1 aromatic carbocycles. The number of halogens is 3. The van der Waals surface area contributed by atoms with Crippen molar-refractivity contribution in [3.05, 3.63) is 29.8 Å². The first kappa shape index (κ1) is 23.0. The van der Waals surface area contributed by atoms with Crippen molar-refractivity contribution in [2.45, 2.75) is 51.4 Å². The van der Waals surface area contributed by atoms with Crippen molar-refractivity contribution in [3.63, 3.8) is 0 Å². The van der Waals surface area contributed by atoms with Crippen LogP contribution in [-0.2, 0) is 20.5 Å². The molecule has 0 aromatic heterocycles. The van der Waals surface area contributed by atoms with Crippen LogP contribution in [0.2, 0.25) is 0 Å². The Morgan fingerprint density at radius 1 is 1.14 bits per heavy atom. The second kappa shape index (κ2) is 9.02. The van der Waals surface area contributed by atoms with Crippen molar-refractivity contribution in [2.24, 2.45) is 5.73 Å². The third-order valence-electron chi connectivity index (χ3n) is 4.53. The second-order valence-electron chi connectivity index (χ2n) is 8.09. The molecule has 1 amide bonds. The van der Waals surface area contributed by atoms with Gasteiger partial charge in [-0.15, -0.1) is 0 Å². The third-order valence-corrected chi connectivity index (χ3v) is 4.53. The molecule has 0 bridgehead atoms. The van der Waals surface area contributed by atoms with Gasteiger partial charge in [0.05, 0.1) is 11.6 Å². The number of alkyl halides is 3. The number of anilines is 1. The number of hydrogen-bond donors (Lipinski definition) is 1. The monoisotopic (exact) mass is 415 g/mol. The van der Waals surface area contributed by atoms with Crippen LogP contribution in [-0.4, -0.2) is 54.6 Å². The molecule has 0 saturated carbocycles. The maximum atomic E-state index is 12.9. The van der Waals surface area contributed by atoms with Gasteiger partial charge >= 0.3 is 12.1 Å². The Kier molecular flexibility index (Phi) is 7.15. The van der Waals surface area contributed by atoms with Gasteiger partial charge in [0.15, 0.2) is 0 Å². The van der Waals surface area contributed by atoms with E-state index in [-0.39, 0.29) is 18.7 Å². The van der Waals surface area contributed by atoms with Crippen molar-refractivity contribution in [1.29, 1.82) is 0 Å². The molecule has 2 N–H and O–H groups in total. The third kappa shape index (κ3) is 6.92. The first-order valence-corrected chi connectivity index (χ1v) is 9.55. The summed E-state index contributed by atoms with van der Waals surface area (Å²) in [5.74, 6) is -0.674. The van der Waals surface area contributed by atoms with E-state index in [4.69, 9.17) is 10.5 Å². The minimum atomic E-state index is -4.39. The Morgan fingerprint density at radius 2 is 1.76 bits per heavy atom. The molecule has 1 aliphatic rings. The Labute approximate surface area is 168 Å². The summed E-state index contributed by atoms with van der Waals surface area (Å²) < 4.78 is 43.9. The van der Waals surface area contributed by atoms with E-state index in [1.165, 1.54) is 6.07 Å². The molecule has 1 aromatic rings. The minimum Gasteiger partial charge on any atom is -0.460 e. The lowest BCUT2D eigenvalue weighted by molar-refractivity contribution is -0.155. The largest absolute Gasteiger partial charge is 0.460 e. The highest BCUT2D eigenvalue weighted by atomic mass is 19.4. The van der Waals surface area contributed by atoms with Crippen molar-refractivity contribution in [1.82, 2.24) is 4.90 Å². The van der Waals surface area contributed by atoms with Gasteiger partial charge in [-0.2, -0.15) is 13.2 Å². The standard InChI is InChI=1S/C20H28F3N3O3/c1-19(2,3)29-17(27)8-7-16(24)18(28)26-11-9-25(10-12-26)15-6-4-5-14(13-15)20(21,22)23/h4-6,13,16H,7-12,24H2,1-3H3/t16-/m0/s1. The van der Waals surface area contributed by atoms with Gasteiger partial charge in [0.2, 0.25) is 5.91 Å². The van der Waals surface area contributed by atoms with Crippen LogP contribution < -0.4 is 10.6 Å². The van der Waals surface area contributed by atoms with Crippen LogP contribution in [0.3, 0.4) is 0 Å². The molecule has 0 spiro atoms. The maximum absolute atomic E-state index is 12.9. The highest BCUT2D eigenvalue weighted by Gasteiger charge is 2.31. The number of esters is 1. The molecule has 1 saturated heterocycles. The lowest BCUT2D eigenvalue weighted by Gasteiger charge is -2.37. The van der Waals surface area contributed by atoms with Crippen molar-refractivity contribution in [2.75, 3.05) is 31.1 Å². The van der Waals surface area contributed by atoms with E-state index >= 15 is 0 Å². The minimum absolute atomic E-state index is 0.0500. The van der Waals surface area contributed by atoms with Gasteiger partial charge in [-0.3, -0.25) is 9.59 Å². The van der Waals surface area contributed by atoms with E-state index in [0.29, 0.717) is 31.9 Å². The summed E-state index contributed by atoms with van der Waals surface area (Å²) in [5, 5.41) is 0. The Balaban J connectivity index is 1.85. The molecule has 1 aliphatic heterocycles. The zero-order valence-electron chi connectivity index (χ0n) is 17.0. The summed E-state index contributed by atoms with van der Waals surface area (Å²) in [6.07, 6.45) is -4.16. The fourth-order valence-electron chi connectivity index (χ4n) is 3.09. The molecule has 1 fully saturated rings. The van der Waals surface area contributed by atoms with E-state index in [9.17, 15) is 22.8 Å². The number of nitrogens with two attached hydrogens (primary N) is 1. The Bertz CT molecular complexity index is 724. The molecule has 0 unspecified atom stereocenters. The number of hydrogen-bond acceptors (Lipinski definition) is 5. The van der Waals surface area contributed by atoms with Crippen LogP contribution in [0.5, 0.6) is 0 Å². The van der Waals surface area contributed by atoms with E-state index in [2.05, 4.69) is 0 Å². The fraction of sp³-hybridized carbons (Fsp3) is 0.600. The first-order valence-electron chi connectivity index (χ1n) is 9.55. The molecule has 6 nitrogen and oxygen atoms in total. The van der Waals surface area contributed by atoms with Crippen molar-refractivity contribution >= 4 is 17.6 Å². The highest BCUT2D eigenvalue weighted by molar-refractivity contribution is 5.82. The van der Waals surface area contributed by atoms with Gasteiger partial charge in [-0.1, -0.05) is 6.07 Å². The summed E-state index contributed by atoms with van der Waals surface area (Å²) in [6, 6.07) is 4.33. The summed E-state index contributed by atoms with van der Waals surface area (Å²) in [5.41, 5.74) is 5.12.